The number of hydrogen-bond donors (Lipinski definition) is 1. The predicted octanol–water partition coefficient (Wildman–Crippen LogP) is 4.52. The van der Waals surface area contributed by atoms with Crippen LogP contribution >= 0.6 is 0 Å². The maximum absolute atomic E-state index is 11.9. The van der Waals surface area contributed by atoms with Crippen molar-refractivity contribution >= 4 is 17.5 Å². The first-order valence-electron chi connectivity index (χ1n) is 8.63. The van der Waals surface area contributed by atoms with Gasteiger partial charge in [-0.3, -0.25) is 0 Å². The van der Waals surface area contributed by atoms with Crippen molar-refractivity contribution in [3.05, 3.63) is 83.0 Å². The number of anilines is 2. The monoisotopic (exact) mass is 362 g/mol. The number of nitrogens with one attached hydrogen (secondary N) is 1. The molecular formula is C22H22N2O3. The van der Waals surface area contributed by atoms with E-state index < -0.39 is 0 Å². The molecule has 0 fully saturated rings. The van der Waals surface area contributed by atoms with Crippen LogP contribution in [0.15, 0.2) is 60.8 Å². The summed E-state index contributed by atoms with van der Waals surface area (Å²) in [7, 11) is 3.05. The number of nitrogens with zero attached hydrogens (tertiary/aromatic N) is 1. The summed E-state index contributed by atoms with van der Waals surface area (Å²) in [5.74, 6) is 1.21. The minimum absolute atomic E-state index is 0.351. The van der Waals surface area contributed by atoms with Crippen molar-refractivity contribution < 1.29 is 14.3 Å². The summed E-state index contributed by atoms with van der Waals surface area (Å²) in [5.41, 5.74) is 4.47. The molecule has 0 aliphatic carbocycles. The highest BCUT2D eigenvalue weighted by Crippen LogP contribution is 2.24. The maximum atomic E-state index is 11.9. The summed E-state index contributed by atoms with van der Waals surface area (Å²) in [6.07, 6.45) is 2.55. The molecule has 0 atom stereocenters. The fourth-order valence-electron chi connectivity index (χ4n) is 2.91. The van der Waals surface area contributed by atoms with Gasteiger partial charge in [0.1, 0.15) is 11.6 Å². The summed E-state index contributed by atoms with van der Waals surface area (Å²) in [6.45, 7) is 1.88. The van der Waals surface area contributed by atoms with E-state index in [0.717, 1.165) is 40.4 Å². The van der Waals surface area contributed by atoms with Crippen molar-refractivity contribution in [1.29, 1.82) is 0 Å². The van der Waals surface area contributed by atoms with Gasteiger partial charge in [-0.25, -0.2) is 9.78 Å². The minimum Gasteiger partial charge on any atom is -0.497 e. The first-order chi connectivity index (χ1) is 13.1. The normalized spacial score (nSPS) is 10.3. The smallest absolute Gasteiger partial charge is 0.338 e. The van der Waals surface area contributed by atoms with E-state index in [1.54, 1.807) is 19.4 Å². The van der Waals surface area contributed by atoms with Crippen molar-refractivity contribution in [2.24, 2.45) is 0 Å². The molecule has 138 valence electrons. The molecule has 27 heavy (non-hydrogen) atoms. The number of hydrogen-bond acceptors (Lipinski definition) is 5. The van der Waals surface area contributed by atoms with Crippen LogP contribution in [0.1, 0.15) is 27.0 Å². The van der Waals surface area contributed by atoms with Crippen LogP contribution in [0.2, 0.25) is 0 Å². The number of methoxy groups -OCH3 is 2. The number of carbonyl (C=O) groups is 1. The number of rotatable bonds is 6. The van der Waals surface area contributed by atoms with Gasteiger partial charge in [0.15, 0.2) is 0 Å². The molecule has 1 aromatic heterocycles. The Hall–Kier alpha value is -3.34. The van der Waals surface area contributed by atoms with Gasteiger partial charge in [0.05, 0.1) is 19.8 Å². The number of benzene rings is 2. The second-order valence-corrected chi connectivity index (χ2v) is 6.17. The van der Waals surface area contributed by atoms with Gasteiger partial charge in [-0.15, -0.1) is 0 Å². The number of carbonyl (C=O) groups excluding carboxylic acids is 1. The lowest BCUT2D eigenvalue weighted by atomic mass is 10.1. The molecule has 2 aromatic carbocycles. The van der Waals surface area contributed by atoms with E-state index in [1.165, 1.54) is 7.11 Å². The Balaban J connectivity index is 1.81. The Morgan fingerprint density at radius 1 is 1.04 bits per heavy atom. The Labute approximate surface area is 159 Å². The van der Waals surface area contributed by atoms with Gasteiger partial charge in [-0.1, -0.05) is 18.2 Å². The molecule has 0 amide bonds. The molecule has 3 aromatic rings. The van der Waals surface area contributed by atoms with E-state index in [-0.39, 0.29) is 5.97 Å². The van der Waals surface area contributed by atoms with E-state index in [4.69, 9.17) is 9.47 Å². The van der Waals surface area contributed by atoms with Gasteiger partial charge in [0.2, 0.25) is 0 Å². The zero-order valence-electron chi connectivity index (χ0n) is 15.7. The summed E-state index contributed by atoms with van der Waals surface area (Å²) in [5, 5.41) is 3.30. The zero-order valence-corrected chi connectivity index (χ0v) is 15.7. The number of ether oxygens (including phenoxy) is 2. The zero-order chi connectivity index (χ0) is 19.2. The van der Waals surface area contributed by atoms with Crippen LogP contribution in [0.25, 0.3) is 0 Å². The van der Waals surface area contributed by atoms with E-state index >= 15 is 0 Å². The highest BCUT2D eigenvalue weighted by Gasteiger charge is 2.12. The second-order valence-electron chi connectivity index (χ2n) is 6.17. The Morgan fingerprint density at radius 3 is 2.59 bits per heavy atom. The summed E-state index contributed by atoms with van der Waals surface area (Å²) >= 11 is 0. The molecule has 1 N–H and O–H groups in total. The van der Waals surface area contributed by atoms with Crippen LogP contribution in [0.3, 0.4) is 0 Å². The molecular weight excluding hydrogens is 340 g/mol. The molecule has 0 saturated heterocycles. The summed E-state index contributed by atoms with van der Waals surface area (Å²) in [4.78, 5) is 16.3. The minimum atomic E-state index is -0.351. The van der Waals surface area contributed by atoms with Gasteiger partial charge < -0.3 is 14.8 Å². The van der Waals surface area contributed by atoms with Gasteiger partial charge in [-0.05, 0) is 66.4 Å². The first kappa shape index (κ1) is 18.5. The van der Waals surface area contributed by atoms with E-state index in [2.05, 4.69) is 16.4 Å². The van der Waals surface area contributed by atoms with E-state index in [0.29, 0.717) is 5.56 Å². The molecule has 0 radical (unpaired) electrons. The van der Waals surface area contributed by atoms with Crippen molar-refractivity contribution in [1.82, 2.24) is 4.98 Å². The number of pyridine rings is 1. The fourth-order valence-corrected chi connectivity index (χ4v) is 2.91. The maximum Gasteiger partial charge on any atom is 0.338 e. The van der Waals surface area contributed by atoms with Gasteiger partial charge in [0.25, 0.3) is 0 Å². The number of aromatic nitrogens is 1. The average Bonchev–Trinajstić information content (AvgIpc) is 2.69. The lowest BCUT2D eigenvalue weighted by Gasteiger charge is -2.12. The van der Waals surface area contributed by atoms with Crippen LogP contribution in [-0.2, 0) is 11.2 Å². The van der Waals surface area contributed by atoms with Crippen LogP contribution in [0.5, 0.6) is 5.75 Å². The van der Waals surface area contributed by atoms with Gasteiger partial charge in [0, 0.05) is 11.9 Å². The SMILES string of the molecule is COC(=O)c1cccc(Nc2cc(Cc3cccc(OC)c3)ccn2)c1C. The highest BCUT2D eigenvalue weighted by molar-refractivity contribution is 5.93. The van der Waals surface area contributed by atoms with Crippen molar-refractivity contribution in [3.63, 3.8) is 0 Å². The largest absolute Gasteiger partial charge is 0.497 e. The molecule has 1 heterocycles. The molecule has 0 saturated carbocycles. The van der Waals surface area contributed by atoms with Crippen LogP contribution in [-0.4, -0.2) is 25.2 Å². The van der Waals surface area contributed by atoms with Crippen molar-refractivity contribution in [3.8, 4) is 5.75 Å². The number of esters is 1. The molecule has 5 nitrogen and oxygen atoms in total. The second kappa shape index (κ2) is 8.36. The highest BCUT2D eigenvalue weighted by atomic mass is 16.5. The third-order valence-corrected chi connectivity index (χ3v) is 4.37. The van der Waals surface area contributed by atoms with Gasteiger partial charge >= 0.3 is 5.97 Å². The van der Waals surface area contributed by atoms with E-state index in [1.807, 2.05) is 49.4 Å². The molecule has 0 spiro atoms. The molecule has 0 unspecified atom stereocenters. The third kappa shape index (κ3) is 4.44. The molecule has 0 bridgehead atoms. The molecule has 3 rings (SSSR count). The van der Waals surface area contributed by atoms with Crippen molar-refractivity contribution in [2.75, 3.05) is 19.5 Å². The van der Waals surface area contributed by atoms with E-state index in [9.17, 15) is 4.79 Å². The van der Waals surface area contributed by atoms with Crippen molar-refractivity contribution in [2.45, 2.75) is 13.3 Å². The first-order valence-corrected chi connectivity index (χ1v) is 8.63. The molecule has 0 aliphatic rings. The average molecular weight is 362 g/mol. The Bertz CT molecular complexity index is 954. The fraction of sp³-hybridized carbons (Fsp3) is 0.182. The Kier molecular flexibility index (Phi) is 5.71. The van der Waals surface area contributed by atoms with Gasteiger partial charge in [-0.2, -0.15) is 0 Å². The summed E-state index contributed by atoms with van der Waals surface area (Å²) < 4.78 is 10.1. The Morgan fingerprint density at radius 2 is 1.81 bits per heavy atom. The predicted molar refractivity (Wildman–Crippen MR) is 106 cm³/mol. The van der Waals surface area contributed by atoms with Crippen LogP contribution < -0.4 is 10.1 Å². The molecule has 5 heteroatoms. The topological polar surface area (TPSA) is 60.5 Å². The standard InChI is InChI=1S/C22H22N2O3/c1-15-19(22(25)27-3)8-5-9-20(15)24-21-14-17(10-11-23-21)12-16-6-4-7-18(13-16)26-2/h4-11,13-14H,12H2,1-3H3,(H,23,24). The quantitative estimate of drug-likeness (QED) is 0.653. The molecule has 0 aliphatic heterocycles. The third-order valence-electron chi connectivity index (χ3n) is 4.37. The van der Waals surface area contributed by atoms with Crippen LogP contribution in [0, 0.1) is 6.92 Å². The lowest BCUT2D eigenvalue weighted by molar-refractivity contribution is 0.0600. The summed E-state index contributed by atoms with van der Waals surface area (Å²) in [6, 6.07) is 17.5. The van der Waals surface area contributed by atoms with Crippen LogP contribution in [0.4, 0.5) is 11.5 Å². The lowest BCUT2D eigenvalue weighted by Crippen LogP contribution is -2.06.